The molecule has 3 rings (SSSR count). The second-order valence-corrected chi connectivity index (χ2v) is 6.79. The molecule has 0 atom stereocenters. The summed E-state index contributed by atoms with van der Waals surface area (Å²) in [5.41, 5.74) is 3.53. The first-order valence-corrected chi connectivity index (χ1v) is 10.1. The predicted octanol–water partition coefficient (Wildman–Crippen LogP) is 3.29. The van der Waals surface area contributed by atoms with Gasteiger partial charge < -0.3 is 15.0 Å². The van der Waals surface area contributed by atoms with Crippen molar-refractivity contribution in [2.75, 3.05) is 13.2 Å². The van der Waals surface area contributed by atoms with E-state index in [0.717, 1.165) is 34.8 Å². The number of nitrogens with one attached hydrogen (secondary N) is 2. The van der Waals surface area contributed by atoms with E-state index in [2.05, 4.69) is 32.1 Å². The smallest absolute Gasteiger partial charge is 0.251 e. The number of nitrogens with zero attached hydrogens (tertiary/aromatic N) is 4. The summed E-state index contributed by atoms with van der Waals surface area (Å²) < 4.78 is 5.80. The Morgan fingerprint density at radius 1 is 1.39 bits per heavy atom. The number of aryl methyl sites for hydroxylation is 1. The van der Waals surface area contributed by atoms with Gasteiger partial charge in [-0.15, -0.1) is 10.2 Å². The predicted molar refractivity (Wildman–Crippen MR) is 119 cm³/mol. The molecule has 0 aliphatic carbocycles. The molecule has 8 heteroatoms. The Kier molecular flexibility index (Phi) is 7.64. The third-order valence-electron chi connectivity index (χ3n) is 4.64. The van der Waals surface area contributed by atoms with Crippen molar-refractivity contribution in [3.05, 3.63) is 72.2 Å². The van der Waals surface area contributed by atoms with Crippen molar-refractivity contribution in [3.63, 3.8) is 0 Å². The fourth-order valence-corrected chi connectivity index (χ4v) is 2.99. The lowest BCUT2D eigenvalue weighted by Gasteiger charge is -2.13. The summed E-state index contributed by atoms with van der Waals surface area (Å²) in [6, 6.07) is 5.68. The average Bonchev–Trinajstić information content (AvgIpc) is 3.31. The number of aromatic nitrogens is 5. The zero-order valence-electron chi connectivity index (χ0n) is 17.8. The minimum Gasteiger partial charge on any atom is -0.493 e. The summed E-state index contributed by atoms with van der Waals surface area (Å²) in [6.45, 7) is 8.69. The molecule has 0 spiro atoms. The summed E-state index contributed by atoms with van der Waals surface area (Å²) in [5, 5.41) is 10.6. The van der Waals surface area contributed by atoms with Crippen molar-refractivity contribution in [3.8, 4) is 17.0 Å². The van der Waals surface area contributed by atoms with Gasteiger partial charge in [-0.1, -0.05) is 12.7 Å². The lowest BCUT2D eigenvalue weighted by atomic mass is 10.1. The Balaban J connectivity index is 1.80. The highest BCUT2D eigenvalue weighted by molar-refractivity contribution is 6.00. The molecule has 0 saturated carbocycles. The van der Waals surface area contributed by atoms with Crippen molar-refractivity contribution in [1.29, 1.82) is 0 Å². The second kappa shape index (κ2) is 10.8. The molecule has 31 heavy (non-hydrogen) atoms. The van der Waals surface area contributed by atoms with E-state index in [1.54, 1.807) is 18.5 Å². The van der Waals surface area contributed by atoms with E-state index in [4.69, 9.17) is 9.72 Å². The van der Waals surface area contributed by atoms with Crippen LogP contribution in [0.4, 0.5) is 0 Å². The molecule has 3 aromatic rings. The van der Waals surface area contributed by atoms with Crippen LogP contribution in [-0.4, -0.2) is 44.2 Å². The molecule has 160 valence electrons. The Bertz CT molecular complexity index is 1050. The number of H-pyrrole nitrogens is 1. The molecule has 0 aliphatic rings. The first-order chi connectivity index (χ1) is 15.1. The van der Waals surface area contributed by atoms with Crippen LogP contribution in [0.3, 0.4) is 0 Å². The quantitative estimate of drug-likeness (QED) is 0.297. The van der Waals surface area contributed by atoms with Crippen LogP contribution >= 0.6 is 0 Å². The SMILES string of the molecule is C=C/C(=C\c1nc(-c2cccnc2)cc(OCC)c1C)C(=O)NCCCc1nnc[nH]1. The fourth-order valence-electron chi connectivity index (χ4n) is 2.99. The maximum atomic E-state index is 12.7. The molecule has 0 radical (unpaired) electrons. The van der Waals surface area contributed by atoms with Gasteiger partial charge in [0, 0.05) is 48.1 Å². The summed E-state index contributed by atoms with van der Waals surface area (Å²) in [7, 11) is 0. The molecule has 0 saturated heterocycles. The molecule has 3 aromatic heterocycles. The van der Waals surface area contributed by atoms with Crippen molar-refractivity contribution < 1.29 is 9.53 Å². The standard InChI is InChI=1S/C23H26N6O2/c1-4-17(23(30)25-11-7-9-22-26-15-27-29-22)12-19-16(3)21(31-5-2)13-20(28-19)18-8-6-10-24-14-18/h4,6,8,10,12-15H,1,5,7,9,11H2,2-3H3,(H,25,30)(H,26,27,29)/b17-12+. The van der Waals surface area contributed by atoms with Gasteiger partial charge in [-0.05, 0) is 38.5 Å². The van der Waals surface area contributed by atoms with Gasteiger partial charge in [-0.25, -0.2) is 4.98 Å². The van der Waals surface area contributed by atoms with Crippen LogP contribution in [-0.2, 0) is 11.2 Å². The van der Waals surface area contributed by atoms with Crippen LogP contribution in [0.25, 0.3) is 17.3 Å². The highest BCUT2D eigenvalue weighted by Crippen LogP contribution is 2.28. The monoisotopic (exact) mass is 418 g/mol. The fraction of sp³-hybridized carbons (Fsp3) is 0.261. The van der Waals surface area contributed by atoms with Crippen LogP contribution in [0.2, 0.25) is 0 Å². The second-order valence-electron chi connectivity index (χ2n) is 6.79. The van der Waals surface area contributed by atoms with E-state index < -0.39 is 0 Å². The van der Waals surface area contributed by atoms with Gasteiger partial charge >= 0.3 is 0 Å². The van der Waals surface area contributed by atoms with E-state index in [-0.39, 0.29) is 5.91 Å². The highest BCUT2D eigenvalue weighted by atomic mass is 16.5. The summed E-state index contributed by atoms with van der Waals surface area (Å²) in [6.07, 6.45) is 9.71. The van der Waals surface area contributed by atoms with E-state index in [0.29, 0.717) is 30.8 Å². The molecular formula is C23H26N6O2. The molecule has 8 nitrogen and oxygen atoms in total. The molecule has 0 unspecified atom stereocenters. The molecule has 3 heterocycles. The average molecular weight is 419 g/mol. The van der Waals surface area contributed by atoms with Crippen molar-refractivity contribution in [2.24, 2.45) is 0 Å². The third-order valence-corrected chi connectivity index (χ3v) is 4.64. The molecule has 0 bridgehead atoms. The molecular weight excluding hydrogens is 392 g/mol. The van der Waals surface area contributed by atoms with Gasteiger partial charge in [0.25, 0.3) is 5.91 Å². The summed E-state index contributed by atoms with van der Waals surface area (Å²) in [4.78, 5) is 24.5. The number of rotatable bonds is 10. The Hall–Kier alpha value is -3.81. The number of aromatic amines is 1. The van der Waals surface area contributed by atoms with Gasteiger partial charge in [-0.2, -0.15) is 0 Å². The van der Waals surface area contributed by atoms with Crippen molar-refractivity contribution >= 4 is 12.0 Å². The molecule has 0 aliphatic heterocycles. The topological polar surface area (TPSA) is 106 Å². The van der Waals surface area contributed by atoms with Gasteiger partial charge in [0.2, 0.25) is 0 Å². The van der Waals surface area contributed by atoms with Gasteiger partial charge in [0.15, 0.2) is 0 Å². The Morgan fingerprint density at radius 2 is 2.26 bits per heavy atom. The maximum absolute atomic E-state index is 12.7. The van der Waals surface area contributed by atoms with Crippen LogP contribution in [0.5, 0.6) is 5.75 Å². The van der Waals surface area contributed by atoms with Crippen LogP contribution < -0.4 is 10.1 Å². The lowest BCUT2D eigenvalue weighted by Crippen LogP contribution is -2.25. The zero-order valence-corrected chi connectivity index (χ0v) is 17.8. The van der Waals surface area contributed by atoms with E-state index in [9.17, 15) is 4.79 Å². The van der Waals surface area contributed by atoms with Gasteiger partial charge in [0.1, 0.15) is 17.9 Å². The number of carbonyl (C=O) groups excluding carboxylic acids is 1. The Morgan fingerprint density at radius 3 is 2.94 bits per heavy atom. The van der Waals surface area contributed by atoms with Gasteiger partial charge in [0.05, 0.1) is 18.0 Å². The van der Waals surface area contributed by atoms with Crippen LogP contribution in [0.15, 0.2) is 55.1 Å². The minimum atomic E-state index is -0.210. The third kappa shape index (κ3) is 5.85. The first-order valence-electron chi connectivity index (χ1n) is 10.1. The van der Waals surface area contributed by atoms with Crippen LogP contribution in [0.1, 0.15) is 30.4 Å². The minimum absolute atomic E-state index is 0.210. The van der Waals surface area contributed by atoms with E-state index in [1.165, 1.54) is 12.4 Å². The number of ether oxygens (including phenoxy) is 1. The number of hydrogen-bond donors (Lipinski definition) is 2. The molecule has 1 amide bonds. The van der Waals surface area contributed by atoms with E-state index >= 15 is 0 Å². The lowest BCUT2D eigenvalue weighted by molar-refractivity contribution is -0.117. The van der Waals surface area contributed by atoms with E-state index in [1.807, 2.05) is 32.0 Å². The molecule has 0 fully saturated rings. The van der Waals surface area contributed by atoms with Crippen molar-refractivity contribution in [1.82, 2.24) is 30.5 Å². The summed E-state index contributed by atoms with van der Waals surface area (Å²) in [5.74, 6) is 1.31. The van der Waals surface area contributed by atoms with Crippen LogP contribution in [0, 0.1) is 6.92 Å². The molecule has 0 aromatic carbocycles. The summed E-state index contributed by atoms with van der Waals surface area (Å²) >= 11 is 0. The Labute approximate surface area is 181 Å². The first kappa shape index (κ1) is 21.9. The number of carbonyl (C=O) groups is 1. The van der Waals surface area contributed by atoms with Gasteiger partial charge in [-0.3, -0.25) is 9.78 Å². The number of amides is 1. The normalized spacial score (nSPS) is 11.2. The maximum Gasteiger partial charge on any atom is 0.251 e. The van der Waals surface area contributed by atoms with Crippen molar-refractivity contribution in [2.45, 2.75) is 26.7 Å². The molecule has 2 N–H and O–H groups in total. The zero-order chi connectivity index (χ0) is 22.1. The number of hydrogen-bond acceptors (Lipinski definition) is 6. The largest absolute Gasteiger partial charge is 0.493 e. The number of pyridine rings is 2. The highest BCUT2D eigenvalue weighted by Gasteiger charge is 2.13.